The third kappa shape index (κ3) is 3.45. The third-order valence-corrected chi connectivity index (χ3v) is 6.91. The molecule has 2 aliphatic rings. The van der Waals surface area contributed by atoms with Gasteiger partial charge in [0.15, 0.2) is 11.6 Å². The molecule has 8 nitrogen and oxygen atoms in total. The highest BCUT2D eigenvalue weighted by atomic mass is 19.1. The van der Waals surface area contributed by atoms with Crippen LogP contribution in [0.4, 0.5) is 13.6 Å². The number of tetrazole rings is 1. The van der Waals surface area contributed by atoms with Gasteiger partial charge in [-0.1, -0.05) is 49.2 Å². The minimum Gasteiger partial charge on any atom is -0.385 e. The Hall–Kier alpha value is -3.40. The number of aromatic nitrogens is 4. The quantitative estimate of drug-likeness (QED) is 0.600. The SMILES string of the molecule is O=C(N1CCC(O)(c2ccccc2)C2CCCCC21)n1nnn(-c2c(F)cccc2F)c1=O. The fourth-order valence-corrected chi connectivity index (χ4v) is 5.33. The van der Waals surface area contributed by atoms with Gasteiger partial charge in [-0.05, 0) is 47.4 Å². The van der Waals surface area contributed by atoms with Crippen LogP contribution in [-0.2, 0) is 5.60 Å². The van der Waals surface area contributed by atoms with Crippen LogP contribution in [0.25, 0.3) is 5.69 Å². The number of hydrogen-bond donors (Lipinski definition) is 1. The fraction of sp³-hybridized carbons (Fsp3) is 0.391. The number of aliphatic hydroxyl groups is 1. The van der Waals surface area contributed by atoms with Crippen molar-refractivity contribution in [3.05, 3.63) is 76.2 Å². The molecule has 3 unspecified atom stereocenters. The molecule has 3 atom stereocenters. The molecule has 1 amide bonds. The van der Waals surface area contributed by atoms with Crippen LogP contribution < -0.4 is 5.69 Å². The predicted molar refractivity (Wildman–Crippen MR) is 114 cm³/mol. The number of rotatable bonds is 2. The number of para-hydroxylation sites is 1. The topological polar surface area (TPSA) is 93.2 Å². The largest absolute Gasteiger partial charge is 0.385 e. The first-order chi connectivity index (χ1) is 15.9. The van der Waals surface area contributed by atoms with Crippen molar-refractivity contribution in [2.75, 3.05) is 6.54 Å². The number of halogens is 2. The minimum atomic E-state index is -1.08. The fourth-order valence-electron chi connectivity index (χ4n) is 5.33. The second kappa shape index (κ2) is 8.18. The summed E-state index contributed by atoms with van der Waals surface area (Å²) in [5.74, 6) is -2.19. The molecule has 0 bridgehead atoms. The molecule has 0 radical (unpaired) electrons. The Bertz CT molecular complexity index is 1220. The van der Waals surface area contributed by atoms with Gasteiger partial charge in [-0.2, -0.15) is 4.68 Å². The minimum absolute atomic E-state index is 0.207. The summed E-state index contributed by atoms with van der Waals surface area (Å²) in [6.45, 7) is 0.207. The number of hydrogen-bond acceptors (Lipinski definition) is 5. The van der Waals surface area contributed by atoms with Gasteiger partial charge in [0.1, 0.15) is 5.69 Å². The zero-order valence-electron chi connectivity index (χ0n) is 17.8. The smallest absolute Gasteiger partial charge is 0.377 e. The molecule has 1 aliphatic carbocycles. The molecule has 10 heteroatoms. The normalized spacial score (nSPS) is 25.0. The maximum absolute atomic E-state index is 14.1. The summed E-state index contributed by atoms with van der Waals surface area (Å²) in [7, 11) is 0. The lowest BCUT2D eigenvalue weighted by Crippen LogP contribution is -2.60. The van der Waals surface area contributed by atoms with Gasteiger partial charge in [0.2, 0.25) is 0 Å². The first-order valence-corrected chi connectivity index (χ1v) is 11.0. The molecule has 3 aromatic rings. The first kappa shape index (κ1) is 21.4. The van der Waals surface area contributed by atoms with Gasteiger partial charge < -0.3 is 10.0 Å². The number of amides is 1. The zero-order chi connectivity index (χ0) is 23.2. The molecule has 1 aromatic heterocycles. The molecule has 172 valence electrons. The molecular weight excluding hydrogens is 432 g/mol. The lowest BCUT2D eigenvalue weighted by atomic mass is 9.66. The lowest BCUT2D eigenvalue weighted by molar-refractivity contribution is -0.108. The maximum atomic E-state index is 14.1. The van der Waals surface area contributed by atoms with E-state index in [4.69, 9.17) is 0 Å². The van der Waals surface area contributed by atoms with Gasteiger partial charge in [-0.3, -0.25) is 0 Å². The first-order valence-electron chi connectivity index (χ1n) is 11.0. The average Bonchev–Trinajstić information content (AvgIpc) is 3.20. The van der Waals surface area contributed by atoms with Crippen LogP contribution in [0.2, 0.25) is 0 Å². The van der Waals surface area contributed by atoms with Crippen molar-refractivity contribution in [3.63, 3.8) is 0 Å². The van der Waals surface area contributed by atoms with E-state index < -0.39 is 34.6 Å². The third-order valence-electron chi connectivity index (χ3n) is 6.91. The van der Waals surface area contributed by atoms with Crippen molar-refractivity contribution in [1.29, 1.82) is 0 Å². The monoisotopic (exact) mass is 455 g/mol. The molecule has 5 rings (SSSR count). The highest BCUT2D eigenvalue weighted by Gasteiger charge is 2.50. The number of carbonyl (C=O) groups is 1. The van der Waals surface area contributed by atoms with Crippen LogP contribution >= 0.6 is 0 Å². The molecule has 0 spiro atoms. The van der Waals surface area contributed by atoms with E-state index in [1.54, 1.807) is 4.90 Å². The summed E-state index contributed by atoms with van der Waals surface area (Å²) in [4.78, 5) is 27.7. The Labute approximate surface area is 188 Å². The second-order valence-corrected chi connectivity index (χ2v) is 8.63. The summed E-state index contributed by atoms with van der Waals surface area (Å²) in [5, 5.41) is 18.8. The van der Waals surface area contributed by atoms with E-state index in [9.17, 15) is 23.5 Å². The molecular formula is C23H23F2N5O3. The van der Waals surface area contributed by atoms with E-state index in [1.165, 1.54) is 6.07 Å². The van der Waals surface area contributed by atoms with Crippen molar-refractivity contribution >= 4 is 6.03 Å². The predicted octanol–water partition coefficient (Wildman–Crippen LogP) is 2.83. The van der Waals surface area contributed by atoms with Crippen molar-refractivity contribution in [2.45, 2.75) is 43.7 Å². The molecule has 1 aliphatic heterocycles. The number of likely N-dealkylation sites (tertiary alicyclic amines) is 1. The molecule has 1 saturated carbocycles. The molecule has 2 fully saturated rings. The van der Waals surface area contributed by atoms with Crippen molar-refractivity contribution in [2.24, 2.45) is 5.92 Å². The van der Waals surface area contributed by atoms with Gasteiger partial charge in [-0.15, -0.1) is 4.68 Å². The van der Waals surface area contributed by atoms with E-state index in [2.05, 4.69) is 10.4 Å². The van der Waals surface area contributed by atoms with Gasteiger partial charge in [-0.25, -0.2) is 18.4 Å². The van der Waals surface area contributed by atoms with E-state index in [-0.39, 0.29) is 18.5 Å². The number of nitrogens with zero attached hydrogens (tertiary/aromatic N) is 5. The van der Waals surface area contributed by atoms with E-state index in [0.29, 0.717) is 22.2 Å². The van der Waals surface area contributed by atoms with Gasteiger partial charge >= 0.3 is 11.7 Å². The summed E-state index contributed by atoms with van der Waals surface area (Å²) in [5.41, 5.74) is -2.01. The zero-order valence-corrected chi connectivity index (χ0v) is 17.8. The second-order valence-electron chi connectivity index (χ2n) is 8.63. The number of benzene rings is 2. The average molecular weight is 455 g/mol. The van der Waals surface area contributed by atoms with Crippen molar-refractivity contribution in [1.82, 2.24) is 24.7 Å². The molecule has 1 N–H and O–H groups in total. The van der Waals surface area contributed by atoms with Crippen LogP contribution in [0.15, 0.2) is 53.3 Å². The van der Waals surface area contributed by atoms with Crippen molar-refractivity contribution in [3.8, 4) is 5.69 Å². The Kier molecular flexibility index (Phi) is 5.32. The number of fused-ring (bicyclic) bond motifs is 1. The van der Waals surface area contributed by atoms with Crippen LogP contribution in [0.3, 0.4) is 0 Å². The highest BCUT2D eigenvalue weighted by Crippen LogP contribution is 2.47. The Morgan fingerprint density at radius 2 is 1.70 bits per heavy atom. The number of piperidine rings is 1. The molecule has 33 heavy (non-hydrogen) atoms. The Morgan fingerprint density at radius 3 is 2.42 bits per heavy atom. The Balaban J connectivity index is 1.48. The van der Waals surface area contributed by atoms with E-state index in [1.807, 2.05) is 30.3 Å². The summed E-state index contributed by atoms with van der Waals surface area (Å²) >= 11 is 0. The molecule has 1 saturated heterocycles. The van der Waals surface area contributed by atoms with E-state index >= 15 is 0 Å². The van der Waals surface area contributed by atoms with E-state index in [0.717, 1.165) is 37.0 Å². The van der Waals surface area contributed by atoms with Gasteiger partial charge in [0, 0.05) is 18.5 Å². The lowest BCUT2D eigenvalue weighted by Gasteiger charge is -2.52. The van der Waals surface area contributed by atoms with Crippen LogP contribution in [-0.4, -0.2) is 48.4 Å². The van der Waals surface area contributed by atoms with Crippen molar-refractivity contribution < 1.29 is 18.7 Å². The molecule has 2 heterocycles. The van der Waals surface area contributed by atoms with Gasteiger partial charge in [0.25, 0.3) is 0 Å². The van der Waals surface area contributed by atoms with Crippen LogP contribution in [0, 0.1) is 17.6 Å². The summed E-state index contributed by atoms with van der Waals surface area (Å²) in [6, 6.07) is 11.6. The van der Waals surface area contributed by atoms with Crippen LogP contribution in [0.1, 0.15) is 37.7 Å². The number of carbonyl (C=O) groups excluding carboxylic acids is 1. The summed E-state index contributed by atoms with van der Waals surface area (Å²) in [6.07, 6.45) is 3.53. The highest BCUT2D eigenvalue weighted by molar-refractivity contribution is 5.76. The molecule has 2 aromatic carbocycles. The van der Waals surface area contributed by atoms with Gasteiger partial charge in [0.05, 0.1) is 5.60 Å². The Morgan fingerprint density at radius 1 is 1.00 bits per heavy atom. The van der Waals surface area contributed by atoms with Crippen LogP contribution in [0.5, 0.6) is 0 Å². The maximum Gasteiger partial charge on any atom is 0.377 e. The standard InChI is InChI=1S/C23H23F2N5O3/c24-17-10-6-11-18(25)20(17)29-22(32)30(27-26-29)21(31)28-14-13-23(33,15-7-2-1-3-8-15)16-9-4-5-12-19(16)28/h1-3,6-8,10-11,16,19,33H,4-5,9,12-14H2. The summed E-state index contributed by atoms with van der Waals surface area (Å²) < 4.78 is 29.3.